The van der Waals surface area contributed by atoms with Crippen LogP contribution in [0.5, 0.6) is 0 Å². The lowest BCUT2D eigenvalue weighted by Crippen LogP contribution is -1.96. The third-order valence-electron chi connectivity index (χ3n) is 11.9. The molecule has 11 rings (SSSR count). The van der Waals surface area contributed by atoms with Crippen molar-refractivity contribution in [1.82, 2.24) is 9.97 Å². The molecule has 0 saturated carbocycles. The Bertz CT molecular complexity index is 3370. The van der Waals surface area contributed by atoms with Gasteiger partial charge < -0.3 is 0 Å². The second-order valence-corrected chi connectivity index (χ2v) is 15.7. The molecular formula is C60H40N2. The first-order valence-corrected chi connectivity index (χ1v) is 21.1. The number of fused-ring (bicyclic) bond motifs is 3. The fourth-order valence-electron chi connectivity index (χ4n) is 8.81. The first-order chi connectivity index (χ1) is 30.7. The lowest BCUT2D eigenvalue weighted by Gasteiger charge is -2.14. The Labute approximate surface area is 362 Å². The summed E-state index contributed by atoms with van der Waals surface area (Å²) in [6, 6.07) is 86.5. The van der Waals surface area contributed by atoms with Crippen molar-refractivity contribution in [3.63, 3.8) is 0 Å². The predicted octanol–water partition coefficient (Wildman–Crippen LogP) is 16.1. The van der Waals surface area contributed by atoms with Gasteiger partial charge in [-0.3, -0.25) is 0 Å². The average molecular weight is 789 g/mol. The van der Waals surface area contributed by atoms with E-state index in [1.807, 2.05) is 0 Å². The Morgan fingerprint density at radius 1 is 0.242 bits per heavy atom. The minimum Gasteiger partial charge on any atom is -0.228 e. The van der Waals surface area contributed by atoms with Crippen molar-refractivity contribution in [1.29, 1.82) is 0 Å². The summed E-state index contributed by atoms with van der Waals surface area (Å²) in [7, 11) is 0. The molecule has 0 radical (unpaired) electrons. The summed E-state index contributed by atoms with van der Waals surface area (Å²) < 4.78 is 0. The average Bonchev–Trinajstić information content (AvgIpc) is 3.36. The lowest BCUT2D eigenvalue weighted by atomic mass is 9.92. The minimum atomic E-state index is 0.703. The van der Waals surface area contributed by atoms with Crippen LogP contribution in [0.4, 0.5) is 0 Å². The first-order valence-electron chi connectivity index (χ1n) is 21.1. The zero-order valence-electron chi connectivity index (χ0n) is 34.0. The Morgan fingerprint density at radius 3 is 1.21 bits per heavy atom. The Morgan fingerprint density at radius 2 is 0.661 bits per heavy atom. The molecule has 0 fully saturated rings. The number of rotatable bonds is 8. The zero-order chi connectivity index (χ0) is 41.2. The lowest BCUT2D eigenvalue weighted by molar-refractivity contribution is 1.23. The van der Waals surface area contributed by atoms with Crippen LogP contribution < -0.4 is 0 Å². The van der Waals surface area contributed by atoms with Crippen molar-refractivity contribution in [2.75, 3.05) is 0 Å². The molecule has 62 heavy (non-hydrogen) atoms. The monoisotopic (exact) mass is 788 g/mol. The van der Waals surface area contributed by atoms with Gasteiger partial charge in [0.15, 0.2) is 5.82 Å². The second-order valence-electron chi connectivity index (χ2n) is 15.7. The van der Waals surface area contributed by atoms with Crippen LogP contribution in [0.15, 0.2) is 243 Å². The Kier molecular flexibility index (Phi) is 9.57. The van der Waals surface area contributed by atoms with Crippen LogP contribution in [0.25, 0.3) is 111 Å². The van der Waals surface area contributed by atoms with Gasteiger partial charge in [0.05, 0.1) is 11.2 Å². The number of aromatic nitrogens is 2. The smallest absolute Gasteiger partial charge is 0.160 e. The third-order valence-corrected chi connectivity index (χ3v) is 11.9. The second kappa shape index (κ2) is 16.1. The van der Waals surface area contributed by atoms with E-state index in [2.05, 4.69) is 243 Å². The van der Waals surface area contributed by atoms with Gasteiger partial charge in [-0.05, 0) is 95.7 Å². The van der Waals surface area contributed by atoms with E-state index >= 15 is 0 Å². The van der Waals surface area contributed by atoms with Crippen LogP contribution >= 0.6 is 0 Å². The van der Waals surface area contributed by atoms with Crippen molar-refractivity contribution >= 4 is 21.7 Å². The van der Waals surface area contributed by atoms with E-state index in [-0.39, 0.29) is 0 Å². The molecule has 1 heterocycles. The molecule has 2 heteroatoms. The maximum absolute atomic E-state index is 5.37. The largest absolute Gasteiger partial charge is 0.228 e. The quantitative estimate of drug-likeness (QED) is 0.143. The summed E-state index contributed by atoms with van der Waals surface area (Å²) in [5.74, 6) is 0.703. The predicted molar refractivity (Wildman–Crippen MR) is 261 cm³/mol. The summed E-state index contributed by atoms with van der Waals surface area (Å²) in [6.07, 6.45) is 0. The highest BCUT2D eigenvalue weighted by atomic mass is 14.9. The maximum atomic E-state index is 5.37. The van der Waals surface area contributed by atoms with Gasteiger partial charge in [-0.25, -0.2) is 9.97 Å². The fraction of sp³-hybridized carbons (Fsp3) is 0. The van der Waals surface area contributed by atoms with E-state index in [1.165, 1.54) is 55.5 Å². The van der Waals surface area contributed by atoms with Gasteiger partial charge in [0, 0.05) is 16.5 Å². The molecule has 0 N–H and O–H groups in total. The molecule has 0 spiro atoms. The molecule has 0 bridgehead atoms. The molecule has 0 saturated heterocycles. The van der Waals surface area contributed by atoms with Crippen LogP contribution in [0.2, 0.25) is 0 Å². The molecule has 0 aliphatic carbocycles. The van der Waals surface area contributed by atoms with Gasteiger partial charge in [0.25, 0.3) is 0 Å². The Hall–Kier alpha value is -8.20. The van der Waals surface area contributed by atoms with Crippen molar-refractivity contribution < 1.29 is 0 Å². The molecule has 2 nitrogen and oxygen atoms in total. The summed E-state index contributed by atoms with van der Waals surface area (Å²) in [5.41, 5.74) is 18.2. The van der Waals surface area contributed by atoms with Gasteiger partial charge in [-0.15, -0.1) is 0 Å². The van der Waals surface area contributed by atoms with Crippen molar-refractivity contribution in [2.45, 2.75) is 0 Å². The number of hydrogen-bond donors (Lipinski definition) is 0. The SMILES string of the molecule is c1ccc(-c2ccccc2-c2cccc(-c3ccc(-c4nc(-c5ccc(-c6cccc(-c7ccccc7-c7ccccc7)c6)cc5)c5c(ccc6ccccc65)n4)cc3)c2)cc1. The standard InChI is InChI=1S/C60H40N2/c1-3-15-43(16-4-1)52-24-9-11-26-54(52)50-22-13-20-48(39-50)41-29-33-46(34-30-41)59-58-56-28-8-7-19-45(56)37-38-57(58)61-60(62-59)47-35-31-42(32-36-47)49-21-14-23-51(40-49)55-27-12-10-25-53(55)44-17-5-2-6-18-44/h1-40H. The van der Waals surface area contributed by atoms with E-state index in [1.54, 1.807) is 0 Å². The maximum Gasteiger partial charge on any atom is 0.160 e. The van der Waals surface area contributed by atoms with E-state index in [0.717, 1.165) is 49.8 Å². The van der Waals surface area contributed by atoms with Gasteiger partial charge >= 0.3 is 0 Å². The van der Waals surface area contributed by atoms with E-state index in [4.69, 9.17) is 9.97 Å². The van der Waals surface area contributed by atoms with Gasteiger partial charge in [-0.1, -0.05) is 224 Å². The van der Waals surface area contributed by atoms with Crippen LogP contribution in [-0.2, 0) is 0 Å². The van der Waals surface area contributed by atoms with E-state index < -0.39 is 0 Å². The molecule has 0 amide bonds. The van der Waals surface area contributed by atoms with Crippen LogP contribution in [-0.4, -0.2) is 9.97 Å². The third kappa shape index (κ3) is 7.04. The highest BCUT2D eigenvalue weighted by Gasteiger charge is 2.16. The molecule has 0 aliphatic rings. The summed E-state index contributed by atoms with van der Waals surface area (Å²) in [4.78, 5) is 10.6. The fourth-order valence-corrected chi connectivity index (χ4v) is 8.81. The molecule has 0 atom stereocenters. The van der Waals surface area contributed by atoms with Gasteiger partial charge in [0.2, 0.25) is 0 Å². The number of nitrogens with zero attached hydrogens (tertiary/aromatic N) is 2. The number of benzene rings is 10. The van der Waals surface area contributed by atoms with Crippen LogP contribution in [0.1, 0.15) is 0 Å². The van der Waals surface area contributed by atoms with Crippen LogP contribution in [0.3, 0.4) is 0 Å². The van der Waals surface area contributed by atoms with Crippen molar-refractivity contribution in [3.05, 3.63) is 243 Å². The highest BCUT2D eigenvalue weighted by molar-refractivity contribution is 6.12. The van der Waals surface area contributed by atoms with E-state index in [9.17, 15) is 0 Å². The van der Waals surface area contributed by atoms with Gasteiger partial charge in [0.1, 0.15) is 0 Å². The molecular weight excluding hydrogens is 749 g/mol. The normalized spacial score (nSPS) is 11.2. The molecule has 0 aliphatic heterocycles. The summed E-state index contributed by atoms with van der Waals surface area (Å²) in [6.45, 7) is 0. The zero-order valence-corrected chi connectivity index (χ0v) is 34.0. The molecule has 11 aromatic rings. The molecule has 1 aromatic heterocycles. The Balaban J connectivity index is 0.946. The molecule has 0 unspecified atom stereocenters. The minimum absolute atomic E-state index is 0.703. The molecule has 10 aromatic carbocycles. The topological polar surface area (TPSA) is 25.8 Å². The van der Waals surface area contributed by atoms with Gasteiger partial charge in [-0.2, -0.15) is 0 Å². The van der Waals surface area contributed by atoms with Crippen molar-refractivity contribution in [3.8, 4) is 89.4 Å². The van der Waals surface area contributed by atoms with E-state index in [0.29, 0.717) is 5.82 Å². The molecule has 290 valence electrons. The van der Waals surface area contributed by atoms with Crippen LogP contribution in [0, 0.1) is 0 Å². The van der Waals surface area contributed by atoms with Crippen molar-refractivity contribution in [2.24, 2.45) is 0 Å². The first kappa shape index (κ1) is 36.8. The highest BCUT2D eigenvalue weighted by Crippen LogP contribution is 2.39. The number of hydrogen-bond acceptors (Lipinski definition) is 2. The summed E-state index contributed by atoms with van der Waals surface area (Å²) >= 11 is 0. The summed E-state index contributed by atoms with van der Waals surface area (Å²) in [5, 5.41) is 3.37.